The minimum absolute atomic E-state index is 0.278. The van der Waals surface area contributed by atoms with Crippen LogP contribution in [-0.4, -0.2) is 40.0 Å². The number of ether oxygens (including phenoxy) is 2. The highest BCUT2D eigenvalue weighted by atomic mass is 32.1. The average molecular weight is 431 g/mol. The van der Waals surface area contributed by atoms with Gasteiger partial charge in [0.1, 0.15) is 17.3 Å². The Kier molecular flexibility index (Phi) is 6.03. The fraction of sp³-hybridized carbons (Fsp3) is 0.429. The van der Waals surface area contributed by atoms with E-state index in [1.165, 1.54) is 10.4 Å². The first kappa shape index (κ1) is 20.1. The lowest BCUT2D eigenvalue weighted by Crippen LogP contribution is -2.27. The van der Waals surface area contributed by atoms with Gasteiger partial charge in [0.25, 0.3) is 0 Å². The number of benzene rings is 1. The van der Waals surface area contributed by atoms with Gasteiger partial charge >= 0.3 is 0 Å². The van der Waals surface area contributed by atoms with Crippen LogP contribution in [-0.2, 0) is 20.1 Å². The van der Waals surface area contributed by atoms with Gasteiger partial charge in [-0.25, -0.2) is 4.68 Å². The van der Waals surface area contributed by atoms with Crippen molar-refractivity contribution in [2.24, 2.45) is 7.05 Å². The molecule has 0 bridgehead atoms. The van der Waals surface area contributed by atoms with E-state index in [-0.39, 0.29) is 6.04 Å². The first-order valence-electron chi connectivity index (χ1n) is 9.71. The molecule has 3 heterocycles. The monoisotopic (exact) mass is 430 g/mol. The minimum Gasteiger partial charge on any atom is -0.497 e. The Morgan fingerprint density at radius 1 is 1.24 bits per heavy atom. The lowest BCUT2D eigenvalue weighted by atomic mass is 10.0. The molecule has 3 aromatic rings. The molecule has 1 fully saturated rings. The van der Waals surface area contributed by atoms with Crippen molar-refractivity contribution in [1.29, 1.82) is 0 Å². The summed E-state index contributed by atoms with van der Waals surface area (Å²) in [6, 6.07) is 10.6. The van der Waals surface area contributed by atoms with Crippen LogP contribution in [0.3, 0.4) is 0 Å². The van der Waals surface area contributed by atoms with Crippen LogP contribution in [0.25, 0.3) is 0 Å². The molecule has 2 aromatic heterocycles. The zero-order valence-corrected chi connectivity index (χ0v) is 18.6. The Labute approximate surface area is 180 Å². The molecule has 1 saturated heterocycles. The summed E-state index contributed by atoms with van der Waals surface area (Å²) in [6.45, 7) is 1.69. The van der Waals surface area contributed by atoms with Crippen molar-refractivity contribution in [1.82, 2.24) is 19.2 Å². The molecule has 1 aliphatic rings. The van der Waals surface area contributed by atoms with Gasteiger partial charge in [-0.15, -0.1) is 11.3 Å². The van der Waals surface area contributed by atoms with Gasteiger partial charge in [0.15, 0.2) is 4.77 Å². The number of hydrogen-bond donors (Lipinski definition) is 0. The van der Waals surface area contributed by atoms with Gasteiger partial charge in [-0.1, -0.05) is 12.1 Å². The highest BCUT2D eigenvalue weighted by molar-refractivity contribution is 7.71. The van der Waals surface area contributed by atoms with Gasteiger partial charge in [-0.3, -0.25) is 4.90 Å². The van der Waals surface area contributed by atoms with Gasteiger partial charge in [0, 0.05) is 42.6 Å². The quantitative estimate of drug-likeness (QED) is 0.520. The summed E-state index contributed by atoms with van der Waals surface area (Å²) in [4.78, 5) is 3.73. The molecular formula is C21H26N4O2S2. The predicted octanol–water partition coefficient (Wildman–Crippen LogP) is 4.42. The molecule has 4 rings (SSSR count). The molecule has 0 aliphatic carbocycles. The lowest BCUT2D eigenvalue weighted by Gasteiger charge is -2.26. The molecule has 154 valence electrons. The molecular weight excluding hydrogens is 404 g/mol. The van der Waals surface area contributed by atoms with Gasteiger partial charge in [0.05, 0.1) is 20.9 Å². The van der Waals surface area contributed by atoms with E-state index in [1.54, 1.807) is 25.6 Å². The molecule has 0 unspecified atom stereocenters. The van der Waals surface area contributed by atoms with E-state index in [0.717, 1.165) is 47.9 Å². The summed E-state index contributed by atoms with van der Waals surface area (Å²) in [5.41, 5.74) is 1.19. The largest absolute Gasteiger partial charge is 0.497 e. The number of aromatic nitrogens is 3. The molecule has 8 heteroatoms. The first-order valence-corrected chi connectivity index (χ1v) is 11.0. The summed E-state index contributed by atoms with van der Waals surface area (Å²) in [5, 5.41) is 6.93. The van der Waals surface area contributed by atoms with Crippen molar-refractivity contribution in [3.63, 3.8) is 0 Å². The Hall–Kier alpha value is -2.16. The van der Waals surface area contributed by atoms with Gasteiger partial charge in [0.2, 0.25) is 0 Å². The van der Waals surface area contributed by atoms with Crippen molar-refractivity contribution in [2.45, 2.75) is 32.0 Å². The smallest absolute Gasteiger partial charge is 0.198 e. The van der Waals surface area contributed by atoms with Crippen LogP contribution in [0.1, 0.15) is 35.1 Å². The van der Waals surface area contributed by atoms with Crippen molar-refractivity contribution in [3.8, 4) is 11.5 Å². The Balaban J connectivity index is 1.57. The summed E-state index contributed by atoms with van der Waals surface area (Å²) in [5.74, 6) is 2.67. The summed E-state index contributed by atoms with van der Waals surface area (Å²) in [7, 11) is 5.39. The van der Waals surface area contributed by atoms with Crippen LogP contribution in [0, 0.1) is 4.77 Å². The lowest BCUT2D eigenvalue weighted by molar-refractivity contribution is 0.186. The maximum absolute atomic E-state index is 5.68. The van der Waals surface area contributed by atoms with E-state index in [0.29, 0.717) is 6.67 Å². The highest BCUT2D eigenvalue weighted by Crippen LogP contribution is 2.38. The fourth-order valence-corrected chi connectivity index (χ4v) is 4.87. The Morgan fingerprint density at radius 3 is 2.83 bits per heavy atom. The fourth-order valence-electron chi connectivity index (χ4n) is 3.96. The maximum atomic E-state index is 5.68. The molecule has 6 nitrogen and oxygen atoms in total. The summed E-state index contributed by atoms with van der Waals surface area (Å²) in [6.07, 6.45) is 3.04. The Morgan fingerprint density at radius 2 is 2.10 bits per heavy atom. The highest BCUT2D eigenvalue weighted by Gasteiger charge is 2.29. The third-order valence-electron chi connectivity index (χ3n) is 5.52. The van der Waals surface area contributed by atoms with Crippen LogP contribution < -0.4 is 9.47 Å². The van der Waals surface area contributed by atoms with Crippen LogP contribution in [0.4, 0.5) is 0 Å². The Bertz CT molecular complexity index is 1030. The van der Waals surface area contributed by atoms with Crippen LogP contribution in [0.15, 0.2) is 35.7 Å². The number of rotatable bonds is 7. The summed E-state index contributed by atoms with van der Waals surface area (Å²) >= 11 is 7.43. The number of likely N-dealkylation sites (tertiary alicyclic amines) is 1. The van der Waals surface area contributed by atoms with Crippen molar-refractivity contribution < 1.29 is 9.47 Å². The van der Waals surface area contributed by atoms with E-state index >= 15 is 0 Å². The minimum atomic E-state index is 0.278. The molecule has 0 radical (unpaired) electrons. The van der Waals surface area contributed by atoms with Crippen molar-refractivity contribution >= 4 is 23.6 Å². The zero-order valence-electron chi connectivity index (χ0n) is 17.0. The second-order valence-corrected chi connectivity index (χ2v) is 8.63. The number of hydrogen-bond acceptors (Lipinski definition) is 6. The van der Waals surface area contributed by atoms with E-state index in [4.69, 9.17) is 26.8 Å². The number of nitrogens with zero attached hydrogens (tertiary/aromatic N) is 4. The van der Waals surface area contributed by atoms with Crippen LogP contribution in [0.5, 0.6) is 11.5 Å². The van der Waals surface area contributed by atoms with E-state index < -0.39 is 0 Å². The molecule has 0 amide bonds. The van der Waals surface area contributed by atoms with Crippen LogP contribution >= 0.6 is 23.6 Å². The first-order chi connectivity index (χ1) is 14.1. The second kappa shape index (κ2) is 8.69. The van der Waals surface area contributed by atoms with Gasteiger partial charge in [-0.05, 0) is 42.6 Å². The van der Waals surface area contributed by atoms with E-state index in [9.17, 15) is 0 Å². The molecule has 29 heavy (non-hydrogen) atoms. The molecule has 1 aliphatic heterocycles. The van der Waals surface area contributed by atoms with Gasteiger partial charge < -0.3 is 14.0 Å². The molecule has 0 saturated carbocycles. The van der Waals surface area contributed by atoms with Crippen molar-refractivity contribution in [3.05, 3.63) is 56.7 Å². The van der Waals surface area contributed by atoms with E-state index in [1.807, 2.05) is 28.4 Å². The SMILES string of the molecule is COc1ccc([C@@H]2CCCN2Cn2nc(Cc3cccs3)n(C)c2=S)c(OC)c1. The standard InChI is InChI=1S/C21H26N4O2S2/c1-23-20(13-16-6-5-11-29-16)22-25(21(23)28)14-24-10-4-7-18(24)17-9-8-15(26-2)12-19(17)27-3/h5-6,8-9,11-12,18H,4,7,10,13-14H2,1-3H3/t18-/m0/s1. The molecule has 0 N–H and O–H groups in total. The molecule has 1 aromatic carbocycles. The molecule has 1 atom stereocenters. The van der Waals surface area contributed by atoms with Gasteiger partial charge in [-0.2, -0.15) is 5.10 Å². The third-order valence-corrected chi connectivity index (χ3v) is 6.88. The normalized spacial score (nSPS) is 17.0. The van der Waals surface area contributed by atoms with Crippen LogP contribution in [0.2, 0.25) is 0 Å². The number of methoxy groups -OCH3 is 2. The average Bonchev–Trinajstić information content (AvgIpc) is 3.47. The topological polar surface area (TPSA) is 44.5 Å². The predicted molar refractivity (Wildman–Crippen MR) is 117 cm³/mol. The third kappa shape index (κ3) is 4.10. The number of thiophene rings is 1. The van der Waals surface area contributed by atoms with Crippen molar-refractivity contribution in [2.75, 3.05) is 20.8 Å². The second-order valence-electron chi connectivity index (χ2n) is 7.23. The summed E-state index contributed by atoms with van der Waals surface area (Å²) < 4.78 is 15.7. The van der Waals surface area contributed by atoms with E-state index in [2.05, 4.69) is 28.5 Å². The molecule has 0 spiro atoms. The zero-order chi connectivity index (χ0) is 20.4. The maximum Gasteiger partial charge on any atom is 0.198 e.